The van der Waals surface area contributed by atoms with Crippen molar-refractivity contribution in [1.82, 2.24) is 9.78 Å². The largest absolute Gasteiger partial charge is 0.327 e. The molecule has 1 N–H and O–H groups in total. The van der Waals surface area contributed by atoms with Gasteiger partial charge in [-0.1, -0.05) is 49.4 Å². The average Bonchev–Trinajstić information content (AvgIpc) is 3.04. The predicted octanol–water partition coefficient (Wildman–Crippen LogP) is 4.39. The summed E-state index contributed by atoms with van der Waals surface area (Å²) in [5.74, 6) is 0.460. The van der Waals surface area contributed by atoms with Gasteiger partial charge in [-0.05, 0) is 17.2 Å². The predicted molar refractivity (Wildman–Crippen MR) is 117 cm³/mol. The number of fused-ring (bicyclic) bond motifs is 1. The van der Waals surface area contributed by atoms with E-state index in [0.717, 1.165) is 34.7 Å². The molecule has 156 valence electrons. The Morgan fingerprint density at radius 2 is 1.90 bits per heavy atom. The zero-order valence-electron chi connectivity index (χ0n) is 17.9. The maximum atomic E-state index is 15.0. The molecule has 0 bridgehead atoms. The Hall–Kier alpha value is -2.99. The number of carbonyl (C=O) groups is 1. The second-order valence-electron chi connectivity index (χ2n) is 9.01. The van der Waals surface area contributed by atoms with Crippen LogP contribution >= 0.6 is 0 Å². The Balaban J connectivity index is 1.73. The number of hydrogen-bond donors (Lipinski definition) is 1. The summed E-state index contributed by atoms with van der Waals surface area (Å²) in [5, 5.41) is 7.82. The monoisotopic (exact) mass is 407 g/mol. The average molecular weight is 408 g/mol. The van der Waals surface area contributed by atoms with Gasteiger partial charge < -0.3 is 9.80 Å². The highest BCUT2D eigenvalue weighted by molar-refractivity contribution is 5.92. The van der Waals surface area contributed by atoms with E-state index >= 15 is 0 Å². The molecule has 0 radical (unpaired) electrons. The summed E-state index contributed by atoms with van der Waals surface area (Å²) in [4.78, 5) is 12.0. The number of halogens is 1. The first-order valence-electron chi connectivity index (χ1n) is 10.3. The number of nitrogens with one attached hydrogen (secondary N) is 1. The third-order valence-electron chi connectivity index (χ3n) is 5.51. The second kappa shape index (κ2) is 7.69. The van der Waals surface area contributed by atoms with Crippen LogP contribution in [0.15, 0.2) is 48.5 Å². The van der Waals surface area contributed by atoms with Gasteiger partial charge in [-0.3, -0.25) is 4.79 Å². The summed E-state index contributed by atoms with van der Waals surface area (Å²) in [6.45, 7) is 3.34. The van der Waals surface area contributed by atoms with E-state index in [2.05, 4.69) is 26.5 Å². The molecule has 0 spiro atoms. The molecule has 1 aliphatic rings. The maximum absolute atomic E-state index is 15.0. The molecule has 1 amide bonds. The van der Waals surface area contributed by atoms with Crippen LogP contribution in [0.2, 0.25) is 0 Å². The summed E-state index contributed by atoms with van der Waals surface area (Å²) in [6.07, 6.45) is 0.423. The molecule has 1 atom stereocenters. The molecule has 4 rings (SSSR count). The fourth-order valence-electron chi connectivity index (χ4n) is 4.01. The third-order valence-corrected chi connectivity index (χ3v) is 5.51. The number of hydrogen-bond acceptors (Lipinski definition) is 2. The molecule has 5 nitrogen and oxygen atoms in total. The van der Waals surface area contributed by atoms with E-state index in [1.54, 1.807) is 6.07 Å². The molecule has 0 saturated carbocycles. The first-order chi connectivity index (χ1) is 14.2. The molecular weight excluding hydrogens is 379 g/mol. The Labute approximate surface area is 176 Å². The van der Waals surface area contributed by atoms with Crippen LogP contribution in [0.3, 0.4) is 0 Å². The van der Waals surface area contributed by atoms with Crippen LogP contribution in [0.1, 0.15) is 36.1 Å². The van der Waals surface area contributed by atoms with Gasteiger partial charge in [-0.25, -0.2) is 9.07 Å². The Morgan fingerprint density at radius 3 is 2.57 bits per heavy atom. The first-order valence-corrected chi connectivity index (χ1v) is 10.3. The number of aryl methyl sites for hydroxylation is 1. The molecule has 0 fully saturated rings. The topological polar surface area (TPSA) is 46.9 Å². The van der Waals surface area contributed by atoms with E-state index in [9.17, 15) is 9.18 Å². The van der Waals surface area contributed by atoms with E-state index in [-0.39, 0.29) is 17.6 Å². The maximum Gasteiger partial charge on any atom is 0.227 e. The third kappa shape index (κ3) is 4.00. The van der Waals surface area contributed by atoms with Crippen LogP contribution in [-0.2, 0) is 17.9 Å². The highest BCUT2D eigenvalue weighted by Gasteiger charge is 2.30. The normalized spacial score (nSPS) is 14.9. The zero-order valence-corrected chi connectivity index (χ0v) is 17.9. The van der Waals surface area contributed by atoms with E-state index in [1.807, 2.05) is 54.1 Å². The molecule has 0 aliphatic carbocycles. The Morgan fingerprint density at radius 1 is 1.17 bits per heavy atom. The van der Waals surface area contributed by atoms with Gasteiger partial charge in [-0.2, -0.15) is 5.10 Å². The van der Waals surface area contributed by atoms with Crippen LogP contribution in [0.5, 0.6) is 0 Å². The summed E-state index contributed by atoms with van der Waals surface area (Å²) in [7, 11) is 6.33. The number of rotatable bonds is 5. The molecule has 1 unspecified atom stereocenters. The summed E-state index contributed by atoms with van der Waals surface area (Å²) in [5.41, 5.74) is 4.24. The number of amides is 1. The highest BCUT2D eigenvalue weighted by atomic mass is 19.1. The van der Waals surface area contributed by atoms with Gasteiger partial charge in [0, 0.05) is 17.9 Å². The van der Waals surface area contributed by atoms with Crippen LogP contribution in [0.4, 0.5) is 10.2 Å². The molecule has 0 saturated heterocycles. The first kappa shape index (κ1) is 20.3. The van der Waals surface area contributed by atoms with Crippen molar-refractivity contribution in [2.75, 3.05) is 26.5 Å². The van der Waals surface area contributed by atoms with Crippen LogP contribution in [0, 0.1) is 5.82 Å². The van der Waals surface area contributed by atoms with E-state index in [4.69, 9.17) is 5.10 Å². The lowest BCUT2D eigenvalue weighted by Crippen LogP contribution is -2.34. The van der Waals surface area contributed by atoms with Gasteiger partial charge in [0.1, 0.15) is 18.2 Å². The van der Waals surface area contributed by atoms with Crippen molar-refractivity contribution >= 4 is 11.7 Å². The standard InChI is InChI=1S/C24H27FN4O/c1-16(18-10-11-19(21(25)14-18)17-8-6-5-7-9-17)23-20(15-29(2,3)4)24-26-22(30)12-13-28(24)27-23/h5-11,14,16H,12-13,15H2,1-4H3/p+1. The number of carbonyl (C=O) groups excluding carboxylic acids is 1. The van der Waals surface area contributed by atoms with Crippen molar-refractivity contribution in [3.8, 4) is 11.1 Å². The van der Waals surface area contributed by atoms with E-state index in [1.165, 1.54) is 0 Å². The van der Waals surface area contributed by atoms with Gasteiger partial charge in [0.15, 0.2) is 0 Å². The Bertz CT molecular complexity index is 1080. The molecule has 1 aromatic heterocycles. The van der Waals surface area contributed by atoms with E-state index in [0.29, 0.717) is 23.0 Å². The molecule has 2 heterocycles. The summed E-state index contributed by atoms with van der Waals surface area (Å²) >= 11 is 0. The van der Waals surface area contributed by atoms with Crippen LogP contribution < -0.4 is 5.32 Å². The molecular formula is C24H28FN4O+. The summed E-state index contributed by atoms with van der Waals surface area (Å²) in [6, 6.07) is 15.0. The number of nitrogens with zero attached hydrogens (tertiary/aromatic N) is 3. The number of benzene rings is 2. The lowest BCUT2D eigenvalue weighted by molar-refractivity contribution is -0.883. The Kier molecular flexibility index (Phi) is 5.20. The van der Waals surface area contributed by atoms with Crippen LogP contribution in [-0.4, -0.2) is 41.3 Å². The molecule has 6 heteroatoms. The van der Waals surface area contributed by atoms with E-state index < -0.39 is 0 Å². The lowest BCUT2D eigenvalue weighted by Gasteiger charge is -2.26. The van der Waals surface area contributed by atoms with Gasteiger partial charge in [0.25, 0.3) is 0 Å². The minimum absolute atomic E-state index is 0.0162. The number of quaternary nitrogens is 1. The van der Waals surface area contributed by atoms with Crippen molar-refractivity contribution in [2.24, 2.45) is 0 Å². The molecule has 3 aromatic rings. The van der Waals surface area contributed by atoms with Gasteiger partial charge >= 0.3 is 0 Å². The van der Waals surface area contributed by atoms with Crippen molar-refractivity contribution in [3.05, 3.63) is 71.2 Å². The van der Waals surface area contributed by atoms with Gasteiger partial charge in [0.2, 0.25) is 5.91 Å². The van der Waals surface area contributed by atoms with Crippen molar-refractivity contribution in [2.45, 2.75) is 32.4 Å². The number of aromatic nitrogens is 2. The SMILES string of the molecule is CC(c1ccc(-c2ccccc2)c(F)c1)c1nn2c(c1C[N+](C)(C)C)NC(=O)CC2. The molecule has 30 heavy (non-hydrogen) atoms. The zero-order chi connectivity index (χ0) is 21.5. The lowest BCUT2D eigenvalue weighted by atomic mass is 9.92. The number of anilines is 1. The van der Waals surface area contributed by atoms with Crippen molar-refractivity contribution in [1.29, 1.82) is 0 Å². The highest BCUT2D eigenvalue weighted by Crippen LogP contribution is 2.35. The van der Waals surface area contributed by atoms with Crippen molar-refractivity contribution in [3.63, 3.8) is 0 Å². The van der Waals surface area contributed by atoms with Gasteiger partial charge in [0.05, 0.1) is 38.9 Å². The fourth-order valence-corrected chi connectivity index (χ4v) is 4.01. The van der Waals surface area contributed by atoms with Crippen molar-refractivity contribution < 1.29 is 13.7 Å². The van der Waals surface area contributed by atoms with Gasteiger partial charge in [-0.15, -0.1) is 0 Å². The minimum atomic E-state index is -0.240. The molecule has 1 aliphatic heterocycles. The molecule has 2 aromatic carbocycles. The fraction of sp³-hybridized carbons (Fsp3) is 0.333. The second-order valence-corrected chi connectivity index (χ2v) is 9.01. The quantitative estimate of drug-likeness (QED) is 0.638. The minimum Gasteiger partial charge on any atom is -0.327 e. The summed E-state index contributed by atoms with van der Waals surface area (Å²) < 4.78 is 17.6. The van der Waals surface area contributed by atoms with Crippen LogP contribution in [0.25, 0.3) is 11.1 Å². The smallest absolute Gasteiger partial charge is 0.227 e.